The van der Waals surface area contributed by atoms with E-state index in [0.717, 1.165) is 6.42 Å². The number of carbonyl (C=O) groups is 2. The third kappa shape index (κ3) is 7.07. The molecule has 124 valence electrons. The zero-order valence-corrected chi connectivity index (χ0v) is 14.9. The maximum Gasteiger partial charge on any atom is 0.306 e. The van der Waals surface area contributed by atoms with Gasteiger partial charge in [0.25, 0.3) is 0 Å². The van der Waals surface area contributed by atoms with Crippen LogP contribution < -0.4 is 0 Å². The van der Waals surface area contributed by atoms with Gasteiger partial charge in [0.2, 0.25) is 0 Å². The topological polar surface area (TPSA) is 52.6 Å². The Hall–Kier alpha value is -0.900. The first-order valence-corrected chi connectivity index (χ1v) is 7.82. The van der Waals surface area contributed by atoms with Gasteiger partial charge in [-0.15, -0.1) is 0 Å². The molecule has 0 aliphatic carbocycles. The normalized spacial score (nSPS) is 15.4. The minimum Gasteiger partial charge on any atom is -0.466 e. The smallest absolute Gasteiger partial charge is 0.306 e. The molecule has 0 bridgehead atoms. The highest BCUT2D eigenvalue weighted by Gasteiger charge is 2.38. The first-order chi connectivity index (χ1) is 9.44. The molecule has 4 nitrogen and oxygen atoms in total. The zero-order valence-electron chi connectivity index (χ0n) is 14.9. The Bertz CT molecular complexity index is 352. The lowest BCUT2D eigenvalue weighted by molar-refractivity contribution is -0.154. The van der Waals surface area contributed by atoms with E-state index in [1.165, 1.54) is 0 Å². The lowest BCUT2D eigenvalue weighted by Gasteiger charge is -2.34. The van der Waals surface area contributed by atoms with Gasteiger partial charge in [-0.3, -0.25) is 9.59 Å². The van der Waals surface area contributed by atoms with Crippen LogP contribution in [0.25, 0.3) is 0 Å². The van der Waals surface area contributed by atoms with E-state index in [2.05, 4.69) is 0 Å². The Morgan fingerprint density at radius 2 is 1.57 bits per heavy atom. The number of hydrogen-bond acceptors (Lipinski definition) is 4. The lowest BCUT2D eigenvalue weighted by Crippen LogP contribution is -2.41. The second-order valence-corrected chi connectivity index (χ2v) is 7.15. The van der Waals surface area contributed by atoms with E-state index in [4.69, 9.17) is 9.47 Å². The number of Topliss-reactive ketones (excluding diaryl/α,β-unsaturated/α-hetero) is 1. The van der Waals surface area contributed by atoms with Crippen LogP contribution in [0.3, 0.4) is 0 Å². The van der Waals surface area contributed by atoms with Crippen molar-refractivity contribution < 1.29 is 19.1 Å². The fraction of sp³-hybridized carbons (Fsp3) is 0.882. The van der Waals surface area contributed by atoms with Gasteiger partial charge in [0.05, 0.1) is 30.7 Å². The van der Waals surface area contributed by atoms with Crippen molar-refractivity contribution in [2.45, 2.75) is 79.9 Å². The van der Waals surface area contributed by atoms with E-state index in [0.29, 0.717) is 6.61 Å². The van der Waals surface area contributed by atoms with Gasteiger partial charge in [-0.25, -0.2) is 0 Å². The Balaban J connectivity index is 5.18. The van der Waals surface area contributed by atoms with Crippen LogP contribution in [0.4, 0.5) is 0 Å². The highest BCUT2D eigenvalue weighted by Crippen LogP contribution is 2.31. The summed E-state index contributed by atoms with van der Waals surface area (Å²) in [4.78, 5) is 24.6. The molecule has 0 radical (unpaired) electrons. The van der Waals surface area contributed by atoms with E-state index in [-0.39, 0.29) is 29.9 Å². The van der Waals surface area contributed by atoms with Gasteiger partial charge in [-0.2, -0.15) is 0 Å². The third-order valence-electron chi connectivity index (χ3n) is 3.69. The Labute approximate surface area is 129 Å². The first-order valence-electron chi connectivity index (χ1n) is 7.82. The summed E-state index contributed by atoms with van der Waals surface area (Å²) in [5.41, 5.74) is -0.824. The number of hydrogen-bond donors (Lipinski definition) is 0. The molecule has 0 rings (SSSR count). The van der Waals surface area contributed by atoms with E-state index < -0.39 is 11.3 Å². The summed E-state index contributed by atoms with van der Waals surface area (Å²) in [5.74, 6) is -0.750. The van der Waals surface area contributed by atoms with Crippen LogP contribution in [0, 0.1) is 11.3 Å². The molecule has 0 fully saturated rings. The summed E-state index contributed by atoms with van der Waals surface area (Å²) >= 11 is 0. The molecular weight excluding hydrogens is 268 g/mol. The fourth-order valence-corrected chi connectivity index (χ4v) is 2.19. The molecule has 0 heterocycles. The van der Waals surface area contributed by atoms with Gasteiger partial charge in [-0.1, -0.05) is 20.8 Å². The molecule has 0 aromatic carbocycles. The SMILES string of the molecule is CCOC(=O)CC(C(=O)C(C)(C)CC)C(C)OC(C)(C)C. The predicted octanol–water partition coefficient (Wildman–Crippen LogP) is 3.76. The third-order valence-corrected chi connectivity index (χ3v) is 3.69. The van der Waals surface area contributed by atoms with E-state index in [1.807, 2.05) is 48.5 Å². The van der Waals surface area contributed by atoms with Crippen LogP contribution in [-0.4, -0.2) is 30.1 Å². The average molecular weight is 300 g/mol. The van der Waals surface area contributed by atoms with E-state index in [9.17, 15) is 9.59 Å². The molecule has 4 heteroatoms. The molecule has 0 aromatic rings. The molecular formula is C17H32O4. The monoisotopic (exact) mass is 300 g/mol. The molecule has 0 saturated heterocycles. The van der Waals surface area contributed by atoms with Gasteiger partial charge < -0.3 is 9.47 Å². The molecule has 0 saturated carbocycles. The lowest BCUT2D eigenvalue weighted by atomic mass is 9.76. The summed E-state index contributed by atoms with van der Waals surface area (Å²) in [5, 5.41) is 0. The standard InChI is InChI=1S/C17H32O4/c1-9-17(7,8)15(19)13(11-14(18)20-10-2)12(3)21-16(4,5)6/h12-13H,9-11H2,1-8H3. The molecule has 2 atom stereocenters. The maximum absolute atomic E-state index is 12.8. The average Bonchev–Trinajstić information content (AvgIpc) is 2.33. The van der Waals surface area contributed by atoms with Gasteiger partial charge in [-0.05, 0) is 41.0 Å². The second-order valence-electron chi connectivity index (χ2n) is 7.15. The second kappa shape index (κ2) is 7.92. The van der Waals surface area contributed by atoms with Crippen molar-refractivity contribution in [1.82, 2.24) is 0 Å². The first kappa shape index (κ1) is 20.1. The molecule has 0 aliphatic rings. The molecule has 0 aromatic heterocycles. The fourth-order valence-electron chi connectivity index (χ4n) is 2.19. The molecule has 0 amide bonds. The van der Waals surface area contributed by atoms with Gasteiger partial charge in [0.1, 0.15) is 5.78 Å². The van der Waals surface area contributed by atoms with Crippen LogP contribution in [0.1, 0.15) is 68.2 Å². The van der Waals surface area contributed by atoms with Crippen LogP contribution in [0.15, 0.2) is 0 Å². The minimum absolute atomic E-state index is 0.0646. The van der Waals surface area contributed by atoms with Crippen molar-refractivity contribution >= 4 is 11.8 Å². The van der Waals surface area contributed by atoms with Crippen molar-refractivity contribution in [3.05, 3.63) is 0 Å². The minimum atomic E-state index is -0.474. The summed E-state index contributed by atoms with van der Waals surface area (Å²) < 4.78 is 10.9. The summed E-state index contributed by atoms with van der Waals surface area (Å²) in [6, 6.07) is 0. The Morgan fingerprint density at radius 1 is 1.05 bits per heavy atom. The summed E-state index contributed by atoms with van der Waals surface area (Å²) in [7, 11) is 0. The van der Waals surface area contributed by atoms with Crippen molar-refractivity contribution in [3.8, 4) is 0 Å². The Morgan fingerprint density at radius 3 is 1.95 bits per heavy atom. The van der Waals surface area contributed by atoms with Crippen molar-refractivity contribution in [2.75, 3.05) is 6.61 Å². The van der Waals surface area contributed by atoms with Crippen LogP contribution in [0.2, 0.25) is 0 Å². The predicted molar refractivity (Wildman–Crippen MR) is 84.1 cm³/mol. The number of carbonyl (C=O) groups excluding carboxylic acids is 2. The molecule has 2 unspecified atom stereocenters. The molecule has 0 aliphatic heterocycles. The van der Waals surface area contributed by atoms with Crippen LogP contribution in [-0.2, 0) is 19.1 Å². The van der Waals surface area contributed by atoms with Gasteiger partial charge in [0, 0.05) is 5.41 Å². The Kier molecular flexibility index (Phi) is 7.58. The molecule has 21 heavy (non-hydrogen) atoms. The van der Waals surface area contributed by atoms with Crippen molar-refractivity contribution in [3.63, 3.8) is 0 Å². The van der Waals surface area contributed by atoms with Crippen molar-refractivity contribution in [2.24, 2.45) is 11.3 Å². The summed E-state index contributed by atoms with van der Waals surface area (Å²) in [6.45, 7) is 15.6. The number of esters is 1. The van der Waals surface area contributed by atoms with Crippen LogP contribution in [0.5, 0.6) is 0 Å². The number of ether oxygens (including phenoxy) is 2. The summed E-state index contributed by atoms with van der Waals surface area (Å²) in [6.07, 6.45) is 0.480. The highest BCUT2D eigenvalue weighted by molar-refractivity contribution is 5.89. The highest BCUT2D eigenvalue weighted by atomic mass is 16.5. The zero-order chi connectivity index (χ0) is 16.8. The van der Waals surface area contributed by atoms with E-state index >= 15 is 0 Å². The van der Waals surface area contributed by atoms with Crippen molar-refractivity contribution in [1.29, 1.82) is 0 Å². The largest absolute Gasteiger partial charge is 0.466 e. The maximum atomic E-state index is 12.8. The van der Waals surface area contributed by atoms with Gasteiger partial charge >= 0.3 is 5.97 Å². The quantitative estimate of drug-likeness (QED) is 0.640. The van der Waals surface area contributed by atoms with E-state index in [1.54, 1.807) is 6.92 Å². The number of rotatable bonds is 8. The molecule has 0 spiro atoms. The molecule has 0 N–H and O–H groups in total. The van der Waals surface area contributed by atoms with Crippen LogP contribution >= 0.6 is 0 Å². The number of ketones is 1. The van der Waals surface area contributed by atoms with Gasteiger partial charge in [0.15, 0.2) is 0 Å².